The SMILES string of the molecule is CCCC1(C(=O)NC(CC)CC(=O)O)CCCN1. The molecule has 0 saturated carbocycles. The molecular formula is C13H24N2O3. The first-order valence-electron chi connectivity index (χ1n) is 6.82. The Morgan fingerprint density at radius 3 is 2.61 bits per heavy atom. The largest absolute Gasteiger partial charge is 0.481 e. The molecule has 1 fully saturated rings. The summed E-state index contributed by atoms with van der Waals surface area (Å²) in [6.45, 7) is 4.81. The van der Waals surface area contributed by atoms with Crippen molar-refractivity contribution in [3.63, 3.8) is 0 Å². The molecule has 104 valence electrons. The lowest BCUT2D eigenvalue weighted by atomic mass is 9.90. The van der Waals surface area contributed by atoms with E-state index >= 15 is 0 Å². The first kappa shape index (κ1) is 15.0. The second kappa shape index (κ2) is 6.73. The van der Waals surface area contributed by atoms with E-state index in [4.69, 9.17) is 5.11 Å². The topological polar surface area (TPSA) is 78.4 Å². The normalized spacial score (nSPS) is 24.8. The third-order valence-electron chi connectivity index (χ3n) is 3.60. The standard InChI is InChI=1S/C13H24N2O3/c1-3-6-13(7-5-8-14-13)12(18)15-10(4-2)9-11(16)17/h10,14H,3-9H2,1-2H3,(H,15,18)(H,16,17). The molecule has 0 radical (unpaired) electrons. The van der Waals surface area contributed by atoms with Crippen molar-refractivity contribution in [1.29, 1.82) is 0 Å². The number of hydrogen-bond acceptors (Lipinski definition) is 3. The van der Waals surface area contributed by atoms with Crippen LogP contribution >= 0.6 is 0 Å². The number of carbonyl (C=O) groups excluding carboxylic acids is 1. The highest BCUT2D eigenvalue weighted by atomic mass is 16.4. The quantitative estimate of drug-likeness (QED) is 0.641. The van der Waals surface area contributed by atoms with Crippen molar-refractivity contribution in [2.24, 2.45) is 0 Å². The Balaban J connectivity index is 2.63. The van der Waals surface area contributed by atoms with Crippen LogP contribution in [0.3, 0.4) is 0 Å². The smallest absolute Gasteiger partial charge is 0.305 e. The summed E-state index contributed by atoms with van der Waals surface area (Å²) >= 11 is 0. The molecule has 5 heteroatoms. The Morgan fingerprint density at radius 1 is 1.44 bits per heavy atom. The van der Waals surface area contributed by atoms with Gasteiger partial charge in [0.25, 0.3) is 0 Å². The summed E-state index contributed by atoms with van der Waals surface area (Å²) in [5.41, 5.74) is -0.472. The molecule has 1 rings (SSSR count). The van der Waals surface area contributed by atoms with Crippen LogP contribution in [-0.2, 0) is 9.59 Å². The number of amides is 1. The molecule has 18 heavy (non-hydrogen) atoms. The molecule has 0 aliphatic carbocycles. The second-order valence-corrected chi connectivity index (χ2v) is 5.04. The Bertz CT molecular complexity index is 299. The number of carboxylic acids is 1. The number of hydrogen-bond donors (Lipinski definition) is 3. The summed E-state index contributed by atoms with van der Waals surface area (Å²) in [6, 6.07) is -0.272. The van der Waals surface area contributed by atoms with Crippen molar-refractivity contribution in [3.05, 3.63) is 0 Å². The lowest BCUT2D eigenvalue weighted by Crippen LogP contribution is -2.55. The van der Waals surface area contributed by atoms with Crippen LogP contribution in [0.15, 0.2) is 0 Å². The van der Waals surface area contributed by atoms with Crippen LogP contribution in [0.5, 0.6) is 0 Å². The molecular weight excluding hydrogens is 232 g/mol. The fourth-order valence-electron chi connectivity index (χ4n) is 2.59. The minimum atomic E-state index is -0.869. The Morgan fingerprint density at radius 2 is 2.17 bits per heavy atom. The summed E-state index contributed by atoms with van der Waals surface area (Å²) < 4.78 is 0. The summed E-state index contributed by atoms with van der Waals surface area (Å²) in [5, 5.41) is 15.0. The van der Waals surface area contributed by atoms with E-state index in [0.717, 1.165) is 32.2 Å². The number of rotatable bonds is 7. The molecule has 0 aromatic rings. The van der Waals surface area contributed by atoms with E-state index in [1.54, 1.807) is 0 Å². The van der Waals surface area contributed by atoms with Crippen molar-refractivity contribution >= 4 is 11.9 Å². The van der Waals surface area contributed by atoms with Crippen LogP contribution in [0.1, 0.15) is 52.4 Å². The minimum absolute atomic E-state index is 0.00948. The van der Waals surface area contributed by atoms with E-state index in [2.05, 4.69) is 17.6 Å². The van der Waals surface area contributed by atoms with Gasteiger partial charge in [-0.05, 0) is 32.2 Å². The lowest BCUT2D eigenvalue weighted by molar-refractivity contribution is -0.138. The van der Waals surface area contributed by atoms with Gasteiger partial charge in [0.15, 0.2) is 0 Å². The van der Waals surface area contributed by atoms with Crippen LogP contribution in [-0.4, -0.2) is 35.1 Å². The molecule has 1 amide bonds. The van der Waals surface area contributed by atoms with Gasteiger partial charge in [-0.25, -0.2) is 0 Å². The van der Waals surface area contributed by atoms with E-state index in [1.807, 2.05) is 6.92 Å². The van der Waals surface area contributed by atoms with Crippen LogP contribution in [0.4, 0.5) is 0 Å². The first-order valence-corrected chi connectivity index (χ1v) is 6.82. The second-order valence-electron chi connectivity index (χ2n) is 5.04. The van der Waals surface area contributed by atoms with Gasteiger partial charge in [-0.1, -0.05) is 20.3 Å². The van der Waals surface area contributed by atoms with E-state index in [-0.39, 0.29) is 18.4 Å². The van der Waals surface area contributed by atoms with E-state index in [1.165, 1.54) is 0 Å². The summed E-state index contributed by atoms with van der Waals surface area (Å²) in [6.07, 6.45) is 4.22. The fourth-order valence-corrected chi connectivity index (χ4v) is 2.59. The van der Waals surface area contributed by atoms with Crippen molar-refractivity contribution in [3.8, 4) is 0 Å². The van der Waals surface area contributed by atoms with Crippen molar-refractivity contribution in [2.75, 3.05) is 6.54 Å². The van der Waals surface area contributed by atoms with Crippen molar-refractivity contribution in [1.82, 2.24) is 10.6 Å². The molecule has 3 N–H and O–H groups in total. The maximum atomic E-state index is 12.3. The van der Waals surface area contributed by atoms with Gasteiger partial charge in [0.1, 0.15) is 0 Å². The molecule has 2 unspecified atom stereocenters. The van der Waals surface area contributed by atoms with E-state index in [0.29, 0.717) is 6.42 Å². The van der Waals surface area contributed by atoms with Gasteiger partial charge in [-0.3, -0.25) is 9.59 Å². The van der Waals surface area contributed by atoms with Crippen molar-refractivity contribution in [2.45, 2.75) is 64.0 Å². The van der Waals surface area contributed by atoms with Crippen LogP contribution < -0.4 is 10.6 Å². The molecule has 2 atom stereocenters. The van der Waals surface area contributed by atoms with Crippen LogP contribution in [0.25, 0.3) is 0 Å². The predicted octanol–water partition coefficient (Wildman–Crippen LogP) is 1.28. The van der Waals surface area contributed by atoms with Gasteiger partial charge < -0.3 is 15.7 Å². The van der Waals surface area contributed by atoms with Gasteiger partial charge in [-0.2, -0.15) is 0 Å². The molecule has 1 saturated heterocycles. The zero-order valence-corrected chi connectivity index (χ0v) is 11.3. The zero-order valence-electron chi connectivity index (χ0n) is 11.3. The first-order chi connectivity index (χ1) is 8.54. The molecule has 1 aliphatic heterocycles. The van der Waals surface area contributed by atoms with Crippen molar-refractivity contribution < 1.29 is 14.7 Å². The highest BCUT2D eigenvalue weighted by molar-refractivity contribution is 5.87. The van der Waals surface area contributed by atoms with Gasteiger partial charge in [0.05, 0.1) is 12.0 Å². The molecule has 0 bridgehead atoms. The zero-order chi connectivity index (χ0) is 13.6. The molecule has 5 nitrogen and oxygen atoms in total. The van der Waals surface area contributed by atoms with Gasteiger partial charge >= 0.3 is 5.97 Å². The summed E-state index contributed by atoms with van der Waals surface area (Å²) in [4.78, 5) is 23.1. The number of aliphatic carboxylic acids is 1. The maximum absolute atomic E-state index is 12.3. The average Bonchev–Trinajstić information content (AvgIpc) is 2.78. The van der Waals surface area contributed by atoms with Gasteiger partial charge in [0, 0.05) is 6.04 Å². The van der Waals surface area contributed by atoms with Gasteiger partial charge in [0.2, 0.25) is 5.91 Å². The van der Waals surface area contributed by atoms with Crippen LogP contribution in [0.2, 0.25) is 0 Å². The Kier molecular flexibility index (Phi) is 5.59. The third kappa shape index (κ3) is 3.70. The maximum Gasteiger partial charge on any atom is 0.305 e. The molecule has 0 aromatic carbocycles. The van der Waals surface area contributed by atoms with Gasteiger partial charge in [-0.15, -0.1) is 0 Å². The monoisotopic (exact) mass is 256 g/mol. The number of carbonyl (C=O) groups is 2. The lowest BCUT2D eigenvalue weighted by Gasteiger charge is -2.30. The Hall–Kier alpha value is -1.10. The third-order valence-corrected chi connectivity index (χ3v) is 3.60. The highest BCUT2D eigenvalue weighted by Crippen LogP contribution is 2.25. The fraction of sp³-hybridized carbons (Fsp3) is 0.846. The molecule has 0 spiro atoms. The number of nitrogens with one attached hydrogen (secondary N) is 2. The highest BCUT2D eigenvalue weighted by Gasteiger charge is 2.40. The predicted molar refractivity (Wildman–Crippen MR) is 69.4 cm³/mol. The molecule has 0 aromatic heterocycles. The summed E-state index contributed by atoms with van der Waals surface area (Å²) in [5.74, 6) is -0.902. The molecule has 1 aliphatic rings. The minimum Gasteiger partial charge on any atom is -0.481 e. The van der Waals surface area contributed by atoms with Crippen LogP contribution in [0, 0.1) is 0 Å². The number of carboxylic acid groups (broad SMARTS) is 1. The Labute approximate surface area is 108 Å². The summed E-state index contributed by atoms with van der Waals surface area (Å²) in [7, 11) is 0. The molecule has 1 heterocycles. The average molecular weight is 256 g/mol. The van der Waals surface area contributed by atoms with E-state index < -0.39 is 11.5 Å². The van der Waals surface area contributed by atoms with E-state index in [9.17, 15) is 9.59 Å².